The van der Waals surface area contributed by atoms with Gasteiger partial charge in [0, 0.05) is 55.4 Å². The Morgan fingerprint density at radius 2 is 1.74 bits per heavy atom. The molecule has 1 aliphatic carbocycles. The van der Waals surface area contributed by atoms with Crippen LogP contribution in [-0.2, 0) is 6.42 Å². The zero-order valence-corrected chi connectivity index (χ0v) is 25.5. The molecule has 0 aromatic heterocycles. The minimum Gasteiger partial charge on any atom is -0.478 e. The monoisotopic (exact) mass is 599 g/mol. The molecule has 3 aromatic rings. The third kappa shape index (κ3) is 6.29. The fourth-order valence-electron chi connectivity index (χ4n) is 6.57. The summed E-state index contributed by atoms with van der Waals surface area (Å²) in [6.45, 7) is 9.38. The van der Waals surface area contributed by atoms with Gasteiger partial charge in [-0.3, -0.25) is 9.69 Å². The van der Waals surface area contributed by atoms with Crippen LogP contribution >= 0.6 is 11.6 Å². The third-order valence-corrected chi connectivity index (χ3v) is 9.23. The van der Waals surface area contributed by atoms with Crippen molar-refractivity contribution in [2.24, 2.45) is 5.41 Å². The number of para-hydroxylation sites is 1. The fraction of sp³-hybridized carbons (Fsp3) is 0.371. The summed E-state index contributed by atoms with van der Waals surface area (Å²) >= 11 is 6.20. The summed E-state index contributed by atoms with van der Waals surface area (Å²) in [6, 6.07) is 18.9. The van der Waals surface area contributed by atoms with E-state index in [1.807, 2.05) is 24.3 Å². The molecule has 0 spiro atoms. The van der Waals surface area contributed by atoms with Crippen LogP contribution in [0.25, 0.3) is 5.57 Å². The molecule has 3 aliphatic rings. The minimum atomic E-state index is -1.04. The predicted octanol–water partition coefficient (Wildman–Crippen LogP) is 6.90. The van der Waals surface area contributed by atoms with Gasteiger partial charge >= 0.3 is 5.97 Å². The second kappa shape index (κ2) is 12.1. The second-order valence-electron chi connectivity index (χ2n) is 12.5. The van der Waals surface area contributed by atoms with Crippen LogP contribution in [0.5, 0.6) is 11.5 Å². The van der Waals surface area contributed by atoms with Crippen LogP contribution in [0.4, 0.5) is 5.69 Å². The lowest BCUT2D eigenvalue weighted by Crippen LogP contribution is -2.47. The second-order valence-corrected chi connectivity index (χ2v) is 13.0. The molecule has 1 fully saturated rings. The predicted molar refractivity (Wildman–Crippen MR) is 171 cm³/mol. The molecule has 0 unspecified atom stereocenters. The van der Waals surface area contributed by atoms with Gasteiger partial charge in [0.05, 0.1) is 5.69 Å². The SMILES string of the molecule is CC1(C)CCC(CN2CCN(c3cccc(C(=O)O)c3Oc3cccc4c3CCNC4=O)CC2)=C(c2ccc(Cl)cc2)C1. The highest BCUT2D eigenvalue weighted by Gasteiger charge is 2.30. The van der Waals surface area contributed by atoms with Gasteiger partial charge in [-0.15, -0.1) is 0 Å². The van der Waals surface area contributed by atoms with E-state index < -0.39 is 5.97 Å². The van der Waals surface area contributed by atoms with Crippen LogP contribution in [0.15, 0.2) is 66.2 Å². The van der Waals surface area contributed by atoms with Crippen LogP contribution in [0.3, 0.4) is 0 Å². The van der Waals surface area contributed by atoms with Crippen molar-refractivity contribution in [3.63, 3.8) is 0 Å². The Morgan fingerprint density at radius 1 is 1.00 bits per heavy atom. The Bertz CT molecular complexity index is 1570. The van der Waals surface area contributed by atoms with Gasteiger partial charge in [-0.05, 0) is 78.6 Å². The number of nitrogens with one attached hydrogen (secondary N) is 1. The standard InChI is InChI=1S/C35H38ClN3O4/c1-35(2)15-13-24(29(21-35)23-9-11-25(36)12-10-23)22-38-17-19-39(20-18-38)30-7-3-6-28(34(41)42)32(30)43-31-8-4-5-27-26(31)14-16-37-33(27)40/h3-12H,13-22H2,1-2H3,(H,37,40)(H,41,42). The van der Waals surface area contributed by atoms with Crippen molar-refractivity contribution in [3.8, 4) is 11.5 Å². The van der Waals surface area contributed by atoms with Gasteiger partial charge in [-0.1, -0.05) is 55.3 Å². The number of carboxylic acid groups (broad SMARTS) is 1. The van der Waals surface area contributed by atoms with Crippen molar-refractivity contribution < 1.29 is 19.4 Å². The number of carbonyl (C=O) groups is 2. The molecule has 0 atom stereocenters. The molecular formula is C35H38ClN3O4. The summed E-state index contributed by atoms with van der Waals surface area (Å²) in [6.07, 6.45) is 3.94. The van der Waals surface area contributed by atoms with Gasteiger partial charge in [0.25, 0.3) is 5.91 Å². The number of rotatable bonds is 7. The molecule has 0 radical (unpaired) electrons. The maximum absolute atomic E-state index is 12.4. The summed E-state index contributed by atoms with van der Waals surface area (Å²) in [5.41, 5.74) is 6.74. The van der Waals surface area contributed by atoms with E-state index in [4.69, 9.17) is 16.3 Å². The Labute approximate surface area is 258 Å². The molecular weight excluding hydrogens is 562 g/mol. The van der Waals surface area contributed by atoms with E-state index in [1.165, 1.54) is 23.1 Å². The molecule has 3 aromatic carbocycles. The first-order chi connectivity index (χ1) is 20.7. The van der Waals surface area contributed by atoms with Crippen molar-refractivity contribution in [2.45, 2.75) is 39.5 Å². The number of piperazine rings is 1. The quantitative estimate of drug-likeness (QED) is 0.307. The zero-order valence-electron chi connectivity index (χ0n) is 24.8. The summed E-state index contributed by atoms with van der Waals surface area (Å²) in [7, 11) is 0. The molecule has 224 valence electrons. The lowest BCUT2D eigenvalue weighted by Gasteiger charge is -2.39. The van der Waals surface area contributed by atoms with Gasteiger partial charge in [-0.25, -0.2) is 4.79 Å². The summed E-state index contributed by atoms with van der Waals surface area (Å²) in [5, 5.41) is 13.7. The topological polar surface area (TPSA) is 82.1 Å². The van der Waals surface area contributed by atoms with Crippen molar-refractivity contribution in [1.29, 1.82) is 0 Å². The number of benzene rings is 3. The van der Waals surface area contributed by atoms with Gasteiger partial charge < -0.3 is 20.1 Å². The molecule has 6 rings (SSSR count). The molecule has 8 heteroatoms. The highest BCUT2D eigenvalue weighted by molar-refractivity contribution is 6.30. The smallest absolute Gasteiger partial charge is 0.339 e. The zero-order chi connectivity index (χ0) is 30.1. The number of ether oxygens (including phenoxy) is 1. The highest BCUT2D eigenvalue weighted by Crippen LogP contribution is 2.44. The highest BCUT2D eigenvalue weighted by atomic mass is 35.5. The molecule has 1 saturated heterocycles. The van der Waals surface area contributed by atoms with Crippen molar-refractivity contribution in [2.75, 3.05) is 44.2 Å². The van der Waals surface area contributed by atoms with Gasteiger partial charge in [0.1, 0.15) is 11.3 Å². The van der Waals surface area contributed by atoms with Gasteiger partial charge in [-0.2, -0.15) is 0 Å². The first-order valence-electron chi connectivity index (χ1n) is 15.1. The molecule has 2 aliphatic heterocycles. The first kappa shape index (κ1) is 29.3. The number of halogens is 1. The van der Waals surface area contributed by atoms with E-state index in [1.54, 1.807) is 24.3 Å². The van der Waals surface area contributed by atoms with Crippen molar-refractivity contribution in [3.05, 3.63) is 93.5 Å². The molecule has 43 heavy (non-hydrogen) atoms. The van der Waals surface area contributed by atoms with Crippen LogP contribution in [0.2, 0.25) is 5.02 Å². The number of anilines is 1. The Hall–Kier alpha value is -3.81. The molecule has 1 amide bonds. The van der Waals surface area contributed by atoms with Crippen molar-refractivity contribution in [1.82, 2.24) is 10.2 Å². The molecule has 2 N–H and O–H groups in total. The molecule has 0 saturated carbocycles. The van der Waals surface area contributed by atoms with Crippen LogP contribution < -0.4 is 15.0 Å². The van der Waals surface area contributed by atoms with Crippen LogP contribution in [-0.4, -0.2) is 61.2 Å². The van der Waals surface area contributed by atoms with E-state index in [0.717, 1.165) is 61.8 Å². The number of hydrogen-bond acceptors (Lipinski definition) is 5. The maximum Gasteiger partial charge on any atom is 0.339 e. The number of nitrogens with zero attached hydrogens (tertiary/aromatic N) is 2. The van der Waals surface area contributed by atoms with E-state index in [2.05, 4.69) is 41.1 Å². The average molecular weight is 600 g/mol. The Balaban J connectivity index is 1.23. The maximum atomic E-state index is 12.4. The summed E-state index contributed by atoms with van der Waals surface area (Å²) in [4.78, 5) is 29.4. The number of aromatic carboxylic acids is 1. The summed E-state index contributed by atoms with van der Waals surface area (Å²) in [5.74, 6) is -0.321. The number of hydrogen-bond donors (Lipinski definition) is 2. The van der Waals surface area contributed by atoms with Crippen molar-refractivity contribution >= 4 is 34.7 Å². The van der Waals surface area contributed by atoms with Crippen LogP contribution in [0, 0.1) is 5.41 Å². The average Bonchev–Trinajstić information content (AvgIpc) is 2.99. The number of amides is 1. The van der Waals surface area contributed by atoms with E-state index in [-0.39, 0.29) is 16.9 Å². The lowest BCUT2D eigenvalue weighted by molar-refractivity contribution is 0.0693. The van der Waals surface area contributed by atoms with E-state index >= 15 is 0 Å². The van der Waals surface area contributed by atoms with Crippen LogP contribution in [0.1, 0.15) is 65.0 Å². The van der Waals surface area contributed by atoms with E-state index in [0.29, 0.717) is 30.0 Å². The normalized spacial score (nSPS) is 18.7. The largest absolute Gasteiger partial charge is 0.478 e. The number of carbonyl (C=O) groups excluding carboxylic acids is 1. The van der Waals surface area contributed by atoms with Gasteiger partial charge in [0.2, 0.25) is 0 Å². The Morgan fingerprint density at radius 3 is 2.49 bits per heavy atom. The third-order valence-electron chi connectivity index (χ3n) is 8.98. The van der Waals surface area contributed by atoms with E-state index in [9.17, 15) is 14.7 Å². The first-order valence-corrected chi connectivity index (χ1v) is 15.4. The lowest BCUT2D eigenvalue weighted by atomic mass is 9.72. The Kier molecular flexibility index (Phi) is 8.21. The molecule has 0 bridgehead atoms. The van der Waals surface area contributed by atoms with Gasteiger partial charge in [0.15, 0.2) is 5.75 Å². The number of allylic oxidation sites excluding steroid dienone is 1. The number of carboxylic acids is 1. The summed E-state index contributed by atoms with van der Waals surface area (Å²) < 4.78 is 6.41. The minimum absolute atomic E-state index is 0.111. The molecule has 2 heterocycles. The fourth-order valence-corrected chi connectivity index (χ4v) is 6.69. The number of fused-ring (bicyclic) bond motifs is 1. The molecule has 7 nitrogen and oxygen atoms in total.